The van der Waals surface area contributed by atoms with E-state index >= 15 is 0 Å². The van der Waals surface area contributed by atoms with E-state index in [1.165, 1.54) is 0 Å². The first kappa shape index (κ1) is 104. The average Bonchev–Trinajstić information content (AvgIpc) is 0. The van der Waals surface area contributed by atoms with Gasteiger partial charge < -0.3 is 11.6 Å². The Morgan fingerprint density at radius 2 is 1.00 bits per heavy atom. The van der Waals surface area contributed by atoms with Gasteiger partial charge in [-0.05, 0) is 0 Å². The van der Waals surface area contributed by atoms with Crippen molar-refractivity contribution in [1.82, 2.24) is 6.15 Å². The molecule has 5 heavy (non-hydrogen) atoms. The van der Waals surface area contributed by atoms with Gasteiger partial charge in [-0.1, -0.05) is 0 Å². The summed E-state index contributed by atoms with van der Waals surface area (Å²) < 4.78 is 0. The van der Waals surface area contributed by atoms with Crippen molar-refractivity contribution in [3.8, 4) is 0 Å². The van der Waals surface area contributed by atoms with Crippen LogP contribution in [-0.2, 0) is 32.7 Å². The molecule has 0 aliphatic carbocycles. The Hall–Kier alpha value is 1.31. The van der Waals surface area contributed by atoms with Gasteiger partial charge in [-0.25, -0.2) is 0 Å². The Kier molecular flexibility index (Phi) is 1200. The quantitative estimate of drug-likeness (QED) is 0.437. The van der Waals surface area contributed by atoms with Gasteiger partial charge in [-0.15, -0.1) is 0 Å². The third kappa shape index (κ3) is 34.0. The van der Waals surface area contributed by atoms with Crippen molar-refractivity contribution in [2.24, 2.45) is 0 Å². The maximum Gasteiger partial charge on any atom is 0 e. The molecule has 26 valence electrons. The summed E-state index contributed by atoms with van der Waals surface area (Å²) in [5.41, 5.74) is 0. The predicted octanol–water partition coefficient (Wildman–Crippen LogP) is -1.43. The van der Waals surface area contributed by atoms with Gasteiger partial charge in [0.25, 0.3) is 0 Å². The van der Waals surface area contributed by atoms with Crippen LogP contribution >= 0.6 is 0 Å². The van der Waals surface area contributed by atoms with Crippen molar-refractivity contribution in [2.45, 2.75) is 0 Å². The first-order chi connectivity index (χ1) is 0. The smallest absolute Gasteiger partial charge is 0 e. The molecule has 2 nitrogen and oxygen atoms in total. The van der Waals surface area contributed by atoms with Gasteiger partial charge in [0.1, 0.15) is 0 Å². The van der Waals surface area contributed by atoms with Crippen LogP contribution in [-0.4, -0.2) is 24.9 Å². The summed E-state index contributed by atoms with van der Waals surface area (Å²) in [5.74, 6) is 0. The fraction of sp³-hybridized carbons (Fsp3) is 0. The van der Waals surface area contributed by atoms with E-state index in [-0.39, 0.29) is 63.7 Å². The molecule has 0 aromatic carbocycles. The van der Waals surface area contributed by atoms with Crippen LogP contribution in [0.1, 0.15) is 0 Å². The molecular weight excluding hydrogens is 158 g/mol. The summed E-state index contributed by atoms with van der Waals surface area (Å²) in [6.45, 7) is 0. The number of hydrogen-bond acceptors (Lipinski definition) is 1. The predicted molar refractivity (Wildman–Crippen MR) is 20.1 cm³/mol. The molecule has 0 saturated heterocycles. The van der Waals surface area contributed by atoms with Crippen LogP contribution in [0.5, 0.6) is 0 Å². The molecule has 0 aliphatic rings. The molecule has 0 atom stereocenters. The second kappa shape index (κ2) is 57.7. The number of rotatable bonds is 0. The third-order valence-corrected chi connectivity index (χ3v) is 0. The van der Waals surface area contributed by atoms with Crippen LogP contribution in [0, 0.1) is 0 Å². The van der Waals surface area contributed by atoms with Crippen LogP contribution in [0.2, 0.25) is 0 Å². The molecule has 0 unspecified atom stereocenters. The normalized spacial score (nSPS) is 0. The molecule has 5 heteroatoms. The van der Waals surface area contributed by atoms with Crippen LogP contribution in [0.4, 0.5) is 0 Å². The zero-order chi connectivity index (χ0) is 0. The van der Waals surface area contributed by atoms with E-state index in [1.54, 1.807) is 0 Å². The molecule has 5 N–H and O–H groups in total. The third-order valence-electron chi connectivity index (χ3n) is 0. The van der Waals surface area contributed by atoms with E-state index in [1.807, 2.05) is 0 Å². The SMILES string of the molecule is N.O.[B].[Si].[Y]. The second-order valence-corrected chi connectivity index (χ2v) is 0. The maximum atomic E-state index is 0. The summed E-state index contributed by atoms with van der Waals surface area (Å²) >= 11 is 0. The van der Waals surface area contributed by atoms with Gasteiger partial charge in [-0.3, -0.25) is 0 Å². The average molecular weight is 163 g/mol. The summed E-state index contributed by atoms with van der Waals surface area (Å²) in [6, 6.07) is 0. The maximum absolute atomic E-state index is 0. The summed E-state index contributed by atoms with van der Waals surface area (Å²) in [7, 11) is 0. The van der Waals surface area contributed by atoms with Gasteiger partial charge in [-0.2, -0.15) is 0 Å². The molecule has 8 radical (unpaired) electrons. The van der Waals surface area contributed by atoms with E-state index in [0.29, 0.717) is 0 Å². The van der Waals surface area contributed by atoms with Crippen LogP contribution in [0.15, 0.2) is 0 Å². The molecule has 0 saturated carbocycles. The molecule has 0 fully saturated rings. The Morgan fingerprint density at radius 1 is 1.00 bits per heavy atom. The standard InChI is InChI=1S/B.H3N.H2O.Si.Y/h;1H3;1H2;;. The van der Waals surface area contributed by atoms with E-state index in [4.69, 9.17) is 0 Å². The molecular formula is H5BNOSiY. The Labute approximate surface area is 63.5 Å². The van der Waals surface area contributed by atoms with Gasteiger partial charge in [0.05, 0.1) is 0 Å². The van der Waals surface area contributed by atoms with Crippen molar-refractivity contribution < 1.29 is 38.2 Å². The fourth-order valence-corrected chi connectivity index (χ4v) is 0. The monoisotopic (exact) mass is 163 g/mol. The zero-order valence-corrected chi connectivity index (χ0v) is 6.70. The van der Waals surface area contributed by atoms with E-state index in [9.17, 15) is 0 Å². The molecule has 0 bridgehead atoms. The molecule has 0 heterocycles. The molecule has 0 spiro atoms. The fourth-order valence-electron chi connectivity index (χ4n) is 0. The van der Waals surface area contributed by atoms with Crippen molar-refractivity contribution in [3.63, 3.8) is 0 Å². The Balaban J connectivity index is 0. The van der Waals surface area contributed by atoms with Crippen LogP contribution in [0.3, 0.4) is 0 Å². The van der Waals surface area contributed by atoms with Gasteiger partial charge in [0, 0.05) is 52.1 Å². The van der Waals surface area contributed by atoms with Gasteiger partial charge >= 0.3 is 0 Å². The van der Waals surface area contributed by atoms with Crippen molar-refractivity contribution in [2.75, 3.05) is 0 Å². The topological polar surface area (TPSA) is 66.5 Å². The van der Waals surface area contributed by atoms with Crippen LogP contribution < -0.4 is 6.15 Å². The summed E-state index contributed by atoms with van der Waals surface area (Å²) in [5, 5.41) is 0. The Morgan fingerprint density at radius 3 is 1.00 bits per heavy atom. The first-order valence-corrected chi connectivity index (χ1v) is 0. The molecule has 0 aliphatic heterocycles. The van der Waals surface area contributed by atoms with E-state index in [0.717, 1.165) is 0 Å². The molecule has 0 aromatic heterocycles. The van der Waals surface area contributed by atoms with Crippen molar-refractivity contribution in [3.05, 3.63) is 0 Å². The zero-order valence-electron chi connectivity index (χ0n) is 2.86. The van der Waals surface area contributed by atoms with Crippen LogP contribution in [0.25, 0.3) is 0 Å². The minimum Gasteiger partial charge on any atom is -0.412 e. The minimum absolute atomic E-state index is 0. The largest absolute Gasteiger partial charge is 0.412 e. The van der Waals surface area contributed by atoms with E-state index in [2.05, 4.69) is 0 Å². The van der Waals surface area contributed by atoms with E-state index < -0.39 is 0 Å². The molecule has 0 amide bonds. The number of hydrogen-bond donors (Lipinski definition) is 1. The summed E-state index contributed by atoms with van der Waals surface area (Å²) in [4.78, 5) is 0. The van der Waals surface area contributed by atoms with Gasteiger partial charge in [0.15, 0.2) is 0 Å². The Bertz CT molecular complexity index is 11.6. The van der Waals surface area contributed by atoms with Crippen molar-refractivity contribution in [1.29, 1.82) is 0 Å². The van der Waals surface area contributed by atoms with Crippen molar-refractivity contribution >= 4 is 19.4 Å². The first-order valence-electron chi connectivity index (χ1n) is 0. The molecule has 0 rings (SSSR count). The minimum atomic E-state index is 0. The molecule has 0 aromatic rings. The van der Waals surface area contributed by atoms with Gasteiger partial charge in [0.2, 0.25) is 0 Å². The second-order valence-electron chi connectivity index (χ2n) is 0. The summed E-state index contributed by atoms with van der Waals surface area (Å²) in [6.07, 6.45) is 0.